The molecule has 4 rings (SSSR count). The topological polar surface area (TPSA) is 106 Å². The molecule has 32 heavy (non-hydrogen) atoms. The first-order chi connectivity index (χ1) is 15.5. The summed E-state index contributed by atoms with van der Waals surface area (Å²) in [6, 6.07) is 12.4. The molecule has 0 aliphatic heterocycles. The number of hydrogen-bond acceptors (Lipinski definition) is 5. The Bertz CT molecular complexity index is 1330. The molecule has 0 saturated heterocycles. The standard InChI is InChI=1S/C25H21NO6/c1-2-31-20-6-4-3-5-15(20)13-16-7-9-19-24(30)18-10-8-17(14-21(18)32-25(16)19)26-22(27)11-12-23(28)29/h3-6,8,10-14H,2,7,9H2,1H3,(H,26,27)(H,28,29)/b12-11-,16-13?. The van der Waals surface area contributed by atoms with Crippen LogP contribution in [0.25, 0.3) is 22.6 Å². The number of rotatable bonds is 6. The van der Waals surface area contributed by atoms with Crippen LogP contribution in [0, 0.1) is 0 Å². The van der Waals surface area contributed by atoms with Gasteiger partial charge in [0.1, 0.15) is 17.1 Å². The number of anilines is 1. The Morgan fingerprint density at radius 1 is 1.16 bits per heavy atom. The highest BCUT2D eigenvalue weighted by Crippen LogP contribution is 2.36. The lowest BCUT2D eigenvalue weighted by molar-refractivity contribution is -0.131. The van der Waals surface area contributed by atoms with Gasteiger partial charge >= 0.3 is 5.97 Å². The van der Waals surface area contributed by atoms with Crippen molar-refractivity contribution in [3.05, 3.63) is 81.7 Å². The number of carboxylic acid groups (broad SMARTS) is 1. The zero-order valence-corrected chi connectivity index (χ0v) is 17.4. The number of benzene rings is 2. The van der Waals surface area contributed by atoms with Crippen molar-refractivity contribution in [2.24, 2.45) is 0 Å². The highest BCUT2D eigenvalue weighted by atomic mass is 16.5. The Hall–Kier alpha value is -4.13. The van der Waals surface area contributed by atoms with Gasteiger partial charge in [-0.1, -0.05) is 18.2 Å². The van der Waals surface area contributed by atoms with Gasteiger partial charge in [0.25, 0.3) is 0 Å². The maximum absolute atomic E-state index is 13.0. The molecule has 7 nitrogen and oxygen atoms in total. The third-order valence-corrected chi connectivity index (χ3v) is 5.12. The largest absolute Gasteiger partial charge is 0.493 e. The SMILES string of the molecule is CCOc1ccccc1C=C1CCc2c1oc1cc(NC(=O)/C=C\C(=O)O)ccc1c2=O. The summed E-state index contributed by atoms with van der Waals surface area (Å²) in [6.07, 6.45) is 4.92. The van der Waals surface area contributed by atoms with E-state index in [2.05, 4.69) is 5.32 Å². The van der Waals surface area contributed by atoms with E-state index in [0.29, 0.717) is 47.4 Å². The van der Waals surface area contributed by atoms with Gasteiger partial charge in [0.05, 0.1) is 12.0 Å². The number of allylic oxidation sites excluding steroid dienone is 1. The Kier molecular flexibility index (Phi) is 5.89. The zero-order valence-electron chi connectivity index (χ0n) is 17.4. The molecule has 0 unspecified atom stereocenters. The first-order valence-electron chi connectivity index (χ1n) is 10.2. The van der Waals surface area contributed by atoms with E-state index in [1.807, 2.05) is 37.3 Å². The first-order valence-corrected chi connectivity index (χ1v) is 10.2. The van der Waals surface area contributed by atoms with Crippen LogP contribution in [0.1, 0.15) is 30.2 Å². The van der Waals surface area contributed by atoms with Crippen molar-refractivity contribution in [1.29, 1.82) is 0 Å². The number of fused-ring (bicyclic) bond motifs is 2. The Morgan fingerprint density at radius 3 is 2.75 bits per heavy atom. The fourth-order valence-corrected chi connectivity index (χ4v) is 3.71. The molecule has 1 aromatic heterocycles. The second-order valence-corrected chi connectivity index (χ2v) is 7.25. The van der Waals surface area contributed by atoms with E-state index in [4.69, 9.17) is 14.3 Å². The molecule has 0 bridgehead atoms. The first kappa shape index (κ1) is 21.1. The van der Waals surface area contributed by atoms with Crippen LogP contribution in [0.15, 0.2) is 63.8 Å². The van der Waals surface area contributed by atoms with Crippen LogP contribution in [0.3, 0.4) is 0 Å². The maximum atomic E-state index is 13.0. The fourth-order valence-electron chi connectivity index (χ4n) is 3.71. The summed E-state index contributed by atoms with van der Waals surface area (Å²) in [7, 11) is 0. The minimum Gasteiger partial charge on any atom is -0.493 e. The van der Waals surface area contributed by atoms with Crippen LogP contribution in [-0.4, -0.2) is 23.6 Å². The predicted octanol–water partition coefficient (Wildman–Crippen LogP) is 4.26. The smallest absolute Gasteiger partial charge is 0.328 e. The van der Waals surface area contributed by atoms with Gasteiger partial charge in [-0.3, -0.25) is 9.59 Å². The van der Waals surface area contributed by atoms with Crippen molar-refractivity contribution in [3.8, 4) is 5.75 Å². The van der Waals surface area contributed by atoms with Gasteiger partial charge < -0.3 is 19.6 Å². The van der Waals surface area contributed by atoms with E-state index in [0.717, 1.165) is 29.0 Å². The molecular formula is C25H21NO6. The van der Waals surface area contributed by atoms with Crippen LogP contribution in [-0.2, 0) is 16.0 Å². The third kappa shape index (κ3) is 4.32. The fraction of sp³-hybridized carbons (Fsp3) is 0.160. The van der Waals surface area contributed by atoms with Gasteiger partial charge in [-0.15, -0.1) is 0 Å². The second-order valence-electron chi connectivity index (χ2n) is 7.25. The number of nitrogens with one attached hydrogen (secondary N) is 1. The van der Waals surface area contributed by atoms with Gasteiger partial charge in [0, 0.05) is 35.0 Å². The van der Waals surface area contributed by atoms with Gasteiger partial charge in [0.2, 0.25) is 5.91 Å². The Balaban J connectivity index is 1.72. The molecule has 1 aliphatic rings. The predicted molar refractivity (Wildman–Crippen MR) is 122 cm³/mol. The summed E-state index contributed by atoms with van der Waals surface area (Å²) < 4.78 is 11.8. The number of para-hydroxylation sites is 1. The molecule has 1 amide bonds. The number of ether oxygens (including phenoxy) is 1. The highest BCUT2D eigenvalue weighted by molar-refractivity contribution is 6.03. The van der Waals surface area contributed by atoms with Crippen molar-refractivity contribution in [3.63, 3.8) is 0 Å². The maximum Gasteiger partial charge on any atom is 0.328 e. The average Bonchev–Trinajstić information content (AvgIpc) is 3.16. The average molecular weight is 431 g/mol. The van der Waals surface area contributed by atoms with E-state index in [1.165, 1.54) is 0 Å². The lowest BCUT2D eigenvalue weighted by Gasteiger charge is -2.09. The normalized spacial score (nSPS) is 14.1. The van der Waals surface area contributed by atoms with E-state index >= 15 is 0 Å². The number of amides is 1. The summed E-state index contributed by atoms with van der Waals surface area (Å²) >= 11 is 0. The third-order valence-electron chi connectivity index (χ3n) is 5.12. The van der Waals surface area contributed by atoms with Gasteiger partial charge in [-0.05, 0) is 49.6 Å². The van der Waals surface area contributed by atoms with Crippen LogP contribution in [0.5, 0.6) is 5.75 Å². The molecule has 0 radical (unpaired) electrons. The van der Waals surface area contributed by atoms with E-state index in [9.17, 15) is 14.4 Å². The minimum absolute atomic E-state index is 0.0913. The lowest BCUT2D eigenvalue weighted by Crippen LogP contribution is -2.11. The van der Waals surface area contributed by atoms with Crippen LogP contribution < -0.4 is 15.5 Å². The zero-order chi connectivity index (χ0) is 22.7. The quantitative estimate of drug-likeness (QED) is 0.565. The molecule has 162 valence electrons. The van der Waals surface area contributed by atoms with E-state index in [1.54, 1.807) is 18.2 Å². The number of aliphatic carboxylic acids is 1. The lowest BCUT2D eigenvalue weighted by atomic mass is 10.1. The van der Waals surface area contributed by atoms with Gasteiger partial charge in [-0.2, -0.15) is 0 Å². The monoisotopic (exact) mass is 431 g/mol. The summed E-state index contributed by atoms with van der Waals surface area (Å²) in [5.41, 5.74) is 3.10. The van der Waals surface area contributed by atoms with E-state index < -0.39 is 11.9 Å². The Morgan fingerprint density at radius 2 is 1.97 bits per heavy atom. The number of carboxylic acids is 1. The summed E-state index contributed by atoms with van der Waals surface area (Å²) in [5.74, 6) is -0.504. The van der Waals surface area contributed by atoms with Crippen molar-refractivity contribution >= 4 is 40.2 Å². The molecule has 0 saturated carbocycles. The summed E-state index contributed by atoms with van der Waals surface area (Å²) in [4.78, 5) is 35.5. The molecule has 7 heteroatoms. The van der Waals surface area contributed by atoms with Crippen molar-refractivity contribution < 1.29 is 23.8 Å². The summed E-state index contributed by atoms with van der Waals surface area (Å²) in [6.45, 7) is 2.47. The molecule has 2 N–H and O–H groups in total. The second kappa shape index (κ2) is 8.93. The molecular weight excluding hydrogens is 410 g/mol. The molecule has 1 aliphatic carbocycles. The van der Waals surface area contributed by atoms with E-state index in [-0.39, 0.29) is 5.43 Å². The molecule has 0 spiro atoms. The van der Waals surface area contributed by atoms with Crippen molar-refractivity contribution in [2.75, 3.05) is 11.9 Å². The minimum atomic E-state index is -1.22. The number of carbonyl (C=O) groups excluding carboxylic acids is 1. The van der Waals surface area contributed by atoms with Crippen molar-refractivity contribution in [1.82, 2.24) is 0 Å². The van der Waals surface area contributed by atoms with Crippen LogP contribution in [0.4, 0.5) is 5.69 Å². The van der Waals surface area contributed by atoms with Gasteiger partial charge in [-0.25, -0.2) is 4.79 Å². The number of carbonyl (C=O) groups is 2. The Labute approximate surface area is 183 Å². The molecule has 3 aromatic rings. The van der Waals surface area contributed by atoms with Crippen molar-refractivity contribution in [2.45, 2.75) is 19.8 Å². The van der Waals surface area contributed by atoms with Gasteiger partial charge in [0.15, 0.2) is 5.43 Å². The molecule has 1 heterocycles. The molecule has 0 fully saturated rings. The number of hydrogen-bond donors (Lipinski definition) is 2. The summed E-state index contributed by atoms with van der Waals surface area (Å²) in [5, 5.41) is 11.6. The molecule has 2 aromatic carbocycles. The molecule has 0 atom stereocenters. The van der Waals surface area contributed by atoms with Crippen LogP contribution in [0.2, 0.25) is 0 Å². The van der Waals surface area contributed by atoms with Crippen LogP contribution >= 0.6 is 0 Å². The highest BCUT2D eigenvalue weighted by Gasteiger charge is 2.24.